The monoisotopic (exact) mass is 474 g/mol. The first kappa shape index (κ1) is 24.6. The minimum Gasteiger partial charge on any atom is -0.497 e. The van der Waals surface area contributed by atoms with Crippen molar-refractivity contribution in [3.8, 4) is 5.75 Å². The Balaban J connectivity index is 1.74. The van der Waals surface area contributed by atoms with E-state index in [1.165, 1.54) is 7.11 Å². The normalized spacial score (nSPS) is 19.7. The number of Topliss-reactive ketones (excluding diaryl/α,β-unsaturated/α-hetero) is 1. The van der Waals surface area contributed by atoms with Crippen LogP contribution in [0.1, 0.15) is 56.6 Å². The number of anilines is 1. The van der Waals surface area contributed by atoms with Crippen LogP contribution in [-0.2, 0) is 14.3 Å². The molecule has 1 heterocycles. The SMILES string of the molecule is CCN(CC)c1ccc([C@H]2C(C(=O)OC)=C(C)NC3=C2C(=O)C[C@H](c2ccc(OC)cc2)C3)cc1. The lowest BCUT2D eigenvalue weighted by Crippen LogP contribution is -2.36. The van der Waals surface area contributed by atoms with Crippen LogP contribution in [0.5, 0.6) is 5.75 Å². The number of carbonyl (C=O) groups is 2. The Bertz CT molecular complexity index is 1160. The Kier molecular flexibility index (Phi) is 7.29. The van der Waals surface area contributed by atoms with Crippen molar-refractivity contribution in [1.29, 1.82) is 0 Å². The van der Waals surface area contributed by atoms with E-state index in [0.717, 1.165) is 47.0 Å². The zero-order chi connectivity index (χ0) is 25.1. The molecule has 6 nitrogen and oxygen atoms in total. The number of ketones is 1. The molecule has 1 N–H and O–H groups in total. The lowest BCUT2D eigenvalue weighted by molar-refractivity contribution is -0.136. The summed E-state index contributed by atoms with van der Waals surface area (Å²) in [5.74, 6) is 0.0589. The van der Waals surface area contributed by atoms with Gasteiger partial charge in [-0.05, 0) is 68.5 Å². The highest BCUT2D eigenvalue weighted by molar-refractivity contribution is 6.04. The molecule has 2 aromatic rings. The standard InChI is InChI=1S/C29H34N2O4/c1-6-31(7-2)22-12-8-20(9-13-22)27-26(29(33)35-5)18(3)30-24-16-21(17-25(32)28(24)27)19-10-14-23(34-4)15-11-19/h8-15,21,27,30H,6-7,16-17H2,1-5H3/t21-,27+/m1/s1. The van der Waals surface area contributed by atoms with Crippen LogP contribution in [0.15, 0.2) is 71.1 Å². The molecule has 0 radical (unpaired) electrons. The van der Waals surface area contributed by atoms with E-state index in [1.54, 1.807) is 7.11 Å². The molecule has 4 rings (SSSR count). The van der Waals surface area contributed by atoms with Crippen LogP contribution in [0, 0.1) is 0 Å². The van der Waals surface area contributed by atoms with Gasteiger partial charge in [0.1, 0.15) is 5.75 Å². The van der Waals surface area contributed by atoms with Gasteiger partial charge in [-0.2, -0.15) is 0 Å². The van der Waals surface area contributed by atoms with E-state index >= 15 is 0 Å². The molecule has 35 heavy (non-hydrogen) atoms. The van der Waals surface area contributed by atoms with E-state index in [4.69, 9.17) is 9.47 Å². The van der Waals surface area contributed by atoms with Gasteiger partial charge in [0, 0.05) is 48.1 Å². The van der Waals surface area contributed by atoms with E-state index in [0.29, 0.717) is 24.0 Å². The molecule has 184 valence electrons. The molecule has 0 amide bonds. The maximum absolute atomic E-state index is 13.6. The largest absolute Gasteiger partial charge is 0.497 e. The molecule has 0 saturated heterocycles. The number of ether oxygens (including phenoxy) is 2. The summed E-state index contributed by atoms with van der Waals surface area (Å²) in [6.45, 7) is 7.96. The van der Waals surface area contributed by atoms with Gasteiger partial charge in [-0.25, -0.2) is 4.79 Å². The van der Waals surface area contributed by atoms with E-state index in [2.05, 4.69) is 36.2 Å². The van der Waals surface area contributed by atoms with Crippen molar-refractivity contribution in [1.82, 2.24) is 5.32 Å². The zero-order valence-electron chi connectivity index (χ0n) is 21.2. The number of rotatable bonds is 7. The lowest BCUT2D eigenvalue weighted by Gasteiger charge is -2.36. The maximum Gasteiger partial charge on any atom is 0.336 e. The third-order valence-electron chi connectivity index (χ3n) is 7.18. The Labute approximate surface area is 207 Å². The molecule has 1 aliphatic heterocycles. The smallest absolute Gasteiger partial charge is 0.336 e. The number of esters is 1. The number of benzene rings is 2. The van der Waals surface area contributed by atoms with Crippen LogP contribution < -0.4 is 15.0 Å². The molecule has 0 aromatic heterocycles. The second-order valence-electron chi connectivity index (χ2n) is 9.05. The molecule has 0 bridgehead atoms. The second kappa shape index (κ2) is 10.4. The van der Waals surface area contributed by atoms with Crippen molar-refractivity contribution in [3.63, 3.8) is 0 Å². The van der Waals surface area contributed by atoms with Gasteiger partial charge < -0.3 is 19.7 Å². The summed E-state index contributed by atoms with van der Waals surface area (Å²) < 4.78 is 10.4. The fourth-order valence-electron chi connectivity index (χ4n) is 5.33. The van der Waals surface area contributed by atoms with Crippen LogP contribution in [0.3, 0.4) is 0 Å². The quantitative estimate of drug-likeness (QED) is 0.565. The summed E-state index contributed by atoms with van der Waals surface area (Å²) in [5, 5.41) is 3.39. The summed E-state index contributed by atoms with van der Waals surface area (Å²) in [7, 11) is 3.03. The predicted octanol–water partition coefficient (Wildman–Crippen LogP) is 5.08. The molecule has 0 saturated carbocycles. The Morgan fingerprint density at radius 1 is 0.971 bits per heavy atom. The molecule has 2 atom stereocenters. The van der Waals surface area contributed by atoms with Crippen molar-refractivity contribution < 1.29 is 19.1 Å². The Morgan fingerprint density at radius 2 is 1.60 bits per heavy atom. The number of allylic oxidation sites excluding steroid dienone is 3. The number of nitrogens with one attached hydrogen (secondary N) is 1. The minimum atomic E-state index is -0.450. The fourth-order valence-corrected chi connectivity index (χ4v) is 5.33. The number of methoxy groups -OCH3 is 2. The first-order chi connectivity index (χ1) is 16.9. The fraction of sp³-hybridized carbons (Fsp3) is 0.379. The minimum absolute atomic E-state index is 0.0614. The molecule has 2 aromatic carbocycles. The molecule has 6 heteroatoms. The van der Waals surface area contributed by atoms with Crippen LogP contribution in [-0.4, -0.2) is 39.1 Å². The highest BCUT2D eigenvalue weighted by Crippen LogP contribution is 2.46. The van der Waals surface area contributed by atoms with E-state index in [-0.39, 0.29) is 11.7 Å². The molecule has 2 aliphatic rings. The average Bonchev–Trinajstić information content (AvgIpc) is 2.88. The van der Waals surface area contributed by atoms with Crippen molar-refractivity contribution in [3.05, 3.63) is 82.2 Å². The summed E-state index contributed by atoms with van der Waals surface area (Å²) in [4.78, 5) is 28.8. The first-order valence-electron chi connectivity index (χ1n) is 12.2. The first-order valence-corrected chi connectivity index (χ1v) is 12.2. The second-order valence-corrected chi connectivity index (χ2v) is 9.05. The van der Waals surface area contributed by atoms with Crippen molar-refractivity contribution in [2.75, 3.05) is 32.2 Å². The Morgan fingerprint density at radius 3 is 2.17 bits per heavy atom. The number of carbonyl (C=O) groups excluding carboxylic acids is 2. The molecule has 1 aliphatic carbocycles. The number of dihydropyridines is 1. The lowest BCUT2D eigenvalue weighted by atomic mass is 9.71. The van der Waals surface area contributed by atoms with Crippen molar-refractivity contribution in [2.24, 2.45) is 0 Å². The number of nitrogens with zero attached hydrogens (tertiary/aromatic N) is 1. The van der Waals surface area contributed by atoms with Crippen molar-refractivity contribution >= 4 is 17.4 Å². The maximum atomic E-state index is 13.6. The average molecular weight is 475 g/mol. The van der Waals surface area contributed by atoms with Gasteiger partial charge >= 0.3 is 5.97 Å². The van der Waals surface area contributed by atoms with E-state index < -0.39 is 11.9 Å². The Hall–Kier alpha value is -3.54. The van der Waals surface area contributed by atoms with Crippen LogP contribution in [0.2, 0.25) is 0 Å². The number of hydrogen-bond acceptors (Lipinski definition) is 6. The highest BCUT2D eigenvalue weighted by atomic mass is 16.5. The summed E-state index contributed by atoms with van der Waals surface area (Å²) in [6.07, 6.45) is 1.10. The molecule has 0 unspecified atom stereocenters. The van der Waals surface area contributed by atoms with Crippen LogP contribution in [0.4, 0.5) is 5.69 Å². The summed E-state index contributed by atoms with van der Waals surface area (Å²) >= 11 is 0. The molecular weight excluding hydrogens is 440 g/mol. The van der Waals surface area contributed by atoms with Gasteiger partial charge in [0.2, 0.25) is 0 Å². The van der Waals surface area contributed by atoms with Gasteiger partial charge in [-0.15, -0.1) is 0 Å². The predicted molar refractivity (Wildman–Crippen MR) is 138 cm³/mol. The zero-order valence-corrected chi connectivity index (χ0v) is 21.2. The topological polar surface area (TPSA) is 67.9 Å². The number of hydrogen-bond donors (Lipinski definition) is 1. The molecule has 0 spiro atoms. The summed E-state index contributed by atoms with van der Waals surface area (Å²) in [5.41, 5.74) is 5.95. The van der Waals surface area contributed by atoms with Crippen LogP contribution >= 0.6 is 0 Å². The third kappa shape index (κ3) is 4.70. The summed E-state index contributed by atoms with van der Waals surface area (Å²) in [6, 6.07) is 16.1. The van der Waals surface area contributed by atoms with Gasteiger partial charge in [-0.1, -0.05) is 24.3 Å². The van der Waals surface area contributed by atoms with Crippen molar-refractivity contribution in [2.45, 2.75) is 45.4 Å². The van der Waals surface area contributed by atoms with E-state index in [9.17, 15) is 9.59 Å². The molecular formula is C29H34N2O4. The highest BCUT2D eigenvalue weighted by Gasteiger charge is 2.41. The van der Waals surface area contributed by atoms with Gasteiger partial charge in [-0.3, -0.25) is 4.79 Å². The molecule has 0 fully saturated rings. The van der Waals surface area contributed by atoms with E-state index in [1.807, 2.05) is 43.3 Å². The third-order valence-corrected chi connectivity index (χ3v) is 7.18. The van der Waals surface area contributed by atoms with Gasteiger partial charge in [0.15, 0.2) is 5.78 Å². The van der Waals surface area contributed by atoms with Crippen LogP contribution in [0.25, 0.3) is 0 Å². The van der Waals surface area contributed by atoms with Gasteiger partial charge in [0.05, 0.1) is 19.8 Å². The van der Waals surface area contributed by atoms with Gasteiger partial charge in [0.25, 0.3) is 0 Å².